The highest BCUT2D eigenvalue weighted by molar-refractivity contribution is 7.89. The summed E-state index contributed by atoms with van der Waals surface area (Å²) in [5, 5.41) is 4.88. The third-order valence-corrected chi connectivity index (χ3v) is 6.52. The fraction of sp³-hybridized carbons (Fsp3) is 0.480. The maximum atomic E-state index is 13.5. The number of benzene rings is 1. The molecule has 0 atom stereocenters. The highest BCUT2D eigenvalue weighted by atomic mass is 35.5. The molecule has 0 N–H and O–H groups in total. The molecule has 0 aliphatic heterocycles. The van der Waals surface area contributed by atoms with Crippen LogP contribution in [0.5, 0.6) is 0 Å². The van der Waals surface area contributed by atoms with Crippen LogP contribution in [-0.4, -0.2) is 53.3 Å². The summed E-state index contributed by atoms with van der Waals surface area (Å²) in [7, 11) is -1.55. The van der Waals surface area contributed by atoms with E-state index in [9.17, 15) is 18.0 Å². The Morgan fingerprint density at radius 1 is 1.19 bits per heavy atom. The molecule has 0 saturated heterocycles. The Bertz CT molecular complexity index is 1440. The minimum absolute atomic E-state index is 0.0296. The van der Waals surface area contributed by atoms with Crippen LogP contribution in [0.25, 0.3) is 22.2 Å². The molecule has 0 amide bonds. The predicted molar refractivity (Wildman–Crippen MR) is 139 cm³/mol. The van der Waals surface area contributed by atoms with E-state index in [4.69, 9.17) is 21.1 Å². The molecule has 196 valence electrons. The van der Waals surface area contributed by atoms with Crippen molar-refractivity contribution in [2.75, 3.05) is 12.9 Å². The molecule has 2 heterocycles. The van der Waals surface area contributed by atoms with Crippen molar-refractivity contribution in [2.45, 2.75) is 58.8 Å². The van der Waals surface area contributed by atoms with Crippen LogP contribution < -0.4 is 0 Å². The van der Waals surface area contributed by atoms with Gasteiger partial charge in [0, 0.05) is 23.9 Å². The summed E-state index contributed by atoms with van der Waals surface area (Å²) in [5.41, 5.74) is 1.98. The lowest BCUT2D eigenvalue weighted by atomic mass is 10.0. The van der Waals surface area contributed by atoms with Gasteiger partial charge in [0.25, 0.3) is 0 Å². The first-order chi connectivity index (χ1) is 16.6. The van der Waals surface area contributed by atoms with Gasteiger partial charge >= 0.3 is 12.1 Å². The summed E-state index contributed by atoms with van der Waals surface area (Å²) in [4.78, 5) is 26.8. The monoisotopic (exact) mass is 537 g/mol. The maximum absolute atomic E-state index is 13.5. The number of carbonyl (C=O) groups excluding carboxylic acids is 2. The van der Waals surface area contributed by atoms with Crippen molar-refractivity contribution in [2.24, 2.45) is 7.05 Å². The Labute approximate surface area is 216 Å². The Morgan fingerprint density at radius 3 is 2.33 bits per heavy atom. The summed E-state index contributed by atoms with van der Waals surface area (Å²) in [6, 6.07) is 4.83. The molecule has 0 bridgehead atoms. The van der Waals surface area contributed by atoms with E-state index in [0.29, 0.717) is 27.7 Å². The third kappa shape index (κ3) is 5.59. The molecular formula is C25H32ClN3O6S. The molecular weight excluding hydrogens is 506 g/mol. The smallest absolute Gasteiger partial charge is 0.419 e. The molecule has 0 fully saturated rings. The Hall–Kier alpha value is -2.85. The van der Waals surface area contributed by atoms with Crippen LogP contribution in [-0.2, 0) is 32.1 Å². The topological polar surface area (TPSA) is 109 Å². The number of hydrogen-bond acceptors (Lipinski definition) is 7. The lowest BCUT2D eigenvalue weighted by Gasteiger charge is -2.21. The van der Waals surface area contributed by atoms with Crippen LogP contribution in [0.1, 0.15) is 69.2 Å². The average Bonchev–Trinajstić information content (AvgIpc) is 3.19. The van der Waals surface area contributed by atoms with Gasteiger partial charge in [-0.25, -0.2) is 22.6 Å². The van der Waals surface area contributed by atoms with E-state index in [1.807, 2.05) is 13.8 Å². The summed E-state index contributed by atoms with van der Waals surface area (Å²) < 4.78 is 37.5. The van der Waals surface area contributed by atoms with Gasteiger partial charge in [-0.05, 0) is 50.8 Å². The fourth-order valence-corrected chi connectivity index (χ4v) is 5.30. The van der Waals surface area contributed by atoms with Crippen LogP contribution in [0.3, 0.4) is 0 Å². The van der Waals surface area contributed by atoms with Crippen LogP contribution >= 0.6 is 11.6 Å². The quantitative estimate of drug-likeness (QED) is 0.391. The van der Waals surface area contributed by atoms with Gasteiger partial charge in [-0.1, -0.05) is 37.6 Å². The van der Waals surface area contributed by atoms with E-state index in [-0.39, 0.29) is 29.0 Å². The Morgan fingerprint density at radius 2 is 1.83 bits per heavy atom. The molecule has 0 unspecified atom stereocenters. The number of ether oxygens (including phenoxy) is 2. The zero-order chi connectivity index (χ0) is 27.2. The van der Waals surface area contributed by atoms with Crippen LogP contribution in [0, 0.1) is 0 Å². The van der Waals surface area contributed by atoms with Crippen molar-refractivity contribution in [1.29, 1.82) is 0 Å². The summed E-state index contributed by atoms with van der Waals surface area (Å²) in [6.45, 7) is 10.9. The molecule has 3 aromatic rings. The first-order valence-electron chi connectivity index (χ1n) is 11.5. The second-order valence-corrected chi connectivity index (χ2v) is 12.5. The molecule has 2 aromatic heterocycles. The number of sulfone groups is 1. The molecule has 0 radical (unpaired) electrons. The Balaban J connectivity index is 2.44. The molecule has 36 heavy (non-hydrogen) atoms. The molecule has 11 heteroatoms. The number of esters is 1. The summed E-state index contributed by atoms with van der Waals surface area (Å²) in [6.07, 6.45) is 0.388. The van der Waals surface area contributed by atoms with Gasteiger partial charge in [-0.2, -0.15) is 5.10 Å². The number of carbonyl (C=O) groups is 2. The lowest BCUT2D eigenvalue weighted by Crippen LogP contribution is -2.29. The van der Waals surface area contributed by atoms with E-state index in [2.05, 4.69) is 5.10 Å². The number of fused-ring (bicyclic) bond motifs is 1. The number of aryl methyl sites for hydroxylation is 1. The van der Waals surface area contributed by atoms with Crippen molar-refractivity contribution < 1.29 is 27.5 Å². The molecule has 0 saturated carbocycles. The van der Waals surface area contributed by atoms with E-state index in [0.717, 1.165) is 11.9 Å². The molecule has 9 nitrogen and oxygen atoms in total. The van der Waals surface area contributed by atoms with Crippen LogP contribution in [0.2, 0.25) is 5.02 Å². The van der Waals surface area contributed by atoms with E-state index >= 15 is 0 Å². The normalized spacial score (nSPS) is 12.4. The molecule has 3 rings (SSSR count). The number of halogens is 1. The SMILES string of the molecule is CCOC(=O)c1c(-c2ccc(CS(C)(=O)=O)c(Cl)c2)c2nn(C)c(C(C)C)c2n1C(=O)OC(C)(C)C. The largest absolute Gasteiger partial charge is 0.461 e. The predicted octanol–water partition coefficient (Wildman–Crippen LogP) is 5.32. The van der Waals surface area contributed by atoms with E-state index in [1.54, 1.807) is 57.6 Å². The maximum Gasteiger partial charge on any atom is 0.419 e. The van der Waals surface area contributed by atoms with Gasteiger partial charge in [0.05, 0.1) is 18.1 Å². The zero-order valence-corrected chi connectivity index (χ0v) is 23.4. The van der Waals surface area contributed by atoms with Gasteiger partial charge in [0.15, 0.2) is 9.84 Å². The average molecular weight is 538 g/mol. The van der Waals surface area contributed by atoms with Gasteiger partial charge in [-0.15, -0.1) is 0 Å². The summed E-state index contributed by atoms with van der Waals surface area (Å²) in [5.74, 6) is -0.989. The fourth-order valence-electron chi connectivity index (χ4n) is 4.16. The molecule has 0 aliphatic rings. The van der Waals surface area contributed by atoms with Crippen LogP contribution in [0.4, 0.5) is 4.79 Å². The van der Waals surface area contributed by atoms with E-state index < -0.39 is 27.5 Å². The Kier molecular flexibility index (Phi) is 7.62. The van der Waals surface area contributed by atoms with Crippen molar-refractivity contribution in [1.82, 2.24) is 14.3 Å². The van der Waals surface area contributed by atoms with Crippen LogP contribution in [0.15, 0.2) is 18.2 Å². The first kappa shape index (κ1) is 27.7. The summed E-state index contributed by atoms with van der Waals surface area (Å²) >= 11 is 6.47. The van der Waals surface area contributed by atoms with Crippen molar-refractivity contribution in [3.05, 3.63) is 40.2 Å². The standard InChI is InChI=1S/C25H32ClN3O6S/c1-9-34-23(30)21-18(15-10-11-16(17(26)12-15)13-36(8,32)33)19-22(20(14(2)3)28(7)27-19)29(21)24(31)35-25(4,5)6/h10-12,14H,9,13H2,1-8H3. The third-order valence-electron chi connectivity index (χ3n) is 5.34. The number of aromatic nitrogens is 3. The van der Waals surface area contributed by atoms with Gasteiger partial charge in [0.2, 0.25) is 0 Å². The van der Waals surface area contributed by atoms with Crippen molar-refractivity contribution in [3.8, 4) is 11.1 Å². The number of rotatable bonds is 6. The molecule has 1 aromatic carbocycles. The minimum Gasteiger partial charge on any atom is -0.461 e. The second kappa shape index (κ2) is 9.89. The zero-order valence-electron chi connectivity index (χ0n) is 21.8. The van der Waals surface area contributed by atoms with Gasteiger partial charge < -0.3 is 9.47 Å². The van der Waals surface area contributed by atoms with Gasteiger partial charge in [-0.3, -0.25) is 4.68 Å². The van der Waals surface area contributed by atoms with Crippen molar-refractivity contribution in [3.63, 3.8) is 0 Å². The molecule has 0 spiro atoms. The number of hydrogen-bond donors (Lipinski definition) is 0. The van der Waals surface area contributed by atoms with Gasteiger partial charge in [0.1, 0.15) is 22.3 Å². The van der Waals surface area contributed by atoms with Crippen molar-refractivity contribution >= 4 is 44.5 Å². The number of nitrogens with zero attached hydrogens (tertiary/aromatic N) is 3. The highest BCUT2D eigenvalue weighted by Crippen LogP contribution is 2.40. The minimum atomic E-state index is -3.32. The second-order valence-electron chi connectivity index (χ2n) is 10.00. The lowest BCUT2D eigenvalue weighted by molar-refractivity contribution is 0.0454. The van der Waals surface area contributed by atoms with E-state index in [1.165, 1.54) is 4.57 Å². The first-order valence-corrected chi connectivity index (χ1v) is 14.0. The highest BCUT2D eigenvalue weighted by Gasteiger charge is 2.35. The molecule has 0 aliphatic carbocycles.